The van der Waals surface area contributed by atoms with E-state index in [1.165, 1.54) is 0 Å². The van der Waals surface area contributed by atoms with E-state index in [-0.39, 0.29) is 12.4 Å². The summed E-state index contributed by atoms with van der Waals surface area (Å²) >= 11 is 0. The maximum Gasteiger partial charge on any atom is 0.171 e. The van der Waals surface area contributed by atoms with Crippen molar-refractivity contribution in [2.75, 3.05) is 11.9 Å². The third-order valence-corrected chi connectivity index (χ3v) is 6.69. The molecule has 32 heavy (non-hydrogen) atoms. The van der Waals surface area contributed by atoms with E-state index < -0.39 is 13.5 Å². The molecule has 0 aromatic carbocycles. The van der Waals surface area contributed by atoms with E-state index in [1.54, 1.807) is 30.7 Å². The van der Waals surface area contributed by atoms with Crippen molar-refractivity contribution in [3.05, 3.63) is 41.9 Å². The number of nitrogens with one attached hydrogen (secondary N) is 1. The summed E-state index contributed by atoms with van der Waals surface area (Å²) in [6.07, 6.45) is 5.01. The van der Waals surface area contributed by atoms with Crippen LogP contribution in [0.15, 0.2) is 30.7 Å². The Morgan fingerprint density at radius 2 is 1.91 bits per heavy atom. The van der Waals surface area contributed by atoms with Crippen molar-refractivity contribution >= 4 is 36.7 Å². The fraction of sp³-hybridized carbons (Fsp3) is 0.478. The number of hydrogen-bond donors (Lipinski definition) is 2. The molecular formula is C23H33N5O3Si. The monoisotopic (exact) mass is 455 g/mol. The van der Waals surface area contributed by atoms with Crippen molar-refractivity contribution in [1.29, 1.82) is 0 Å². The fourth-order valence-corrected chi connectivity index (χ4v) is 3.80. The van der Waals surface area contributed by atoms with E-state index in [1.807, 2.05) is 25.3 Å². The number of rotatable bonds is 9. The largest absolute Gasteiger partial charge is 0.392 e. The number of aliphatic hydroxyl groups excluding tert-OH is 1. The average Bonchev–Trinajstić information content (AvgIpc) is 3.07. The highest BCUT2D eigenvalue weighted by atomic mass is 28.3. The predicted molar refractivity (Wildman–Crippen MR) is 129 cm³/mol. The van der Waals surface area contributed by atoms with Gasteiger partial charge in [0.2, 0.25) is 0 Å². The molecule has 3 aromatic heterocycles. The summed E-state index contributed by atoms with van der Waals surface area (Å²) in [5, 5.41) is 12.3. The van der Waals surface area contributed by atoms with Crippen molar-refractivity contribution in [3.8, 4) is 0 Å². The fourth-order valence-electron chi connectivity index (χ4n) is 3.04. The van der Waals surface area contributed by atoms with Gasteiger partial charge in [-0.1, -0.05) is 46.5 Å². The smallest absolute Gasteiger partial charge is 0.171 e. The Hall–Kier alpha value is -2.62. The quantitative estimate of drug-likeness (QED) is 0.276. The summed E-state index contributed by atoms with van der Waals surface area (Å²) in [5.41, 5.74) is 1.85. The zero-order chi connectivity index (χ0) is 23.5. The molecule has 0 aliphatic carbocycles. The van der Waals surface area contributed by atoms with E-state index in [4.69, 9.17) is 4.74 Å². The molecule has 0 bridgehead atoms. The van der Waals surface area contributed by atoms with Gasteiger partial charge in [0.1, 0.15) is 18.1 Å². The second-order valence-corrected chi connectivity index (χ2v) is 15.8. The number of carbonyl (C=O) groups excluding carboxylic acids is 1. The zero-order valence-electron chi connectivity index (χ0n) is 19.8. The number of ether oxygens (including phenoxy) is 1. The van der Waals surface area contributed by atoms with Gasteiger partial charge in [0.05, 0.1) is 18.4 Å². The lowest BCUT2D eigenvalue weighted by molar-refractivity contribution is 0.0849. The number of nitrogens with zero attached hydrogens (tertiary/aromatic N) is 4. The lowest BCUT2D eigenvalue weighted by Gasteiger charge is -2.16. The van der Waals surface area contributed by atoms with Gasteiger partial charge in [-0.05, 0) is 17.7 Å². The Morgan fingerprint density at radius 3 is 2.50 bits per heavy atom. The normalized spacial score (nSPS) is 12.3. The van der Waals surface area contributed by atoms with Crippen LogP contribution in [0.3, 0.4) is 0 Å². The van der Waals surface area contributed by atoms with Gasteiger partial charge in [-0.15, -0.1) is 0 Å². The summed E-state index contributed by atoms with van der Waals surface area (Å²) in [6.45, 7) is 13.6. The molecule has 0 aliphatic heterocycles. The molecule has 0 saturated heterocycles. The van der Waals surface area contributed by atoms with Crippen molar-refractivity contribution in [2.45, 2.75) is 59.8 Å². The lowest BCUT2D eigenvalue weighted by atomic mass is 9.87. The maximum atomic E-state index is 13.1. The summed E-state index contributed by atoms with van der Waals surface area (Å²) in [7, 11) is -1.18. The van der Waals surface area contributed by atoms with Crippen LogP contribution in [-0.2, 0) is 18.1 Å². The molecule has 8 nitrogen and oxygen atoms in total. The first kappa shape index (κ1) is 24.0. The minimum Gasteiger partial charge on any atom is -0.392 e. The lowest BCUT2D eigenvalue weighted by Crippen LogP contribution is -2.22. The minimum absolute atomic E-state index is 0.000206. The maximum absolute atomic E-state index is 13.1. The van der Waals surface area contributed by atoms with E-state index in [2.05, 4.69) is 39.9 Å². The predicted octanol–water partition coefficient (Wildman–Crippen LogP) is 4.60. The Labute approximate surface area is 190 Å². The van der Waals surface area contributed by atoms with Crippen LogP contribution >= 0.6 is 0 Å². The number of aliphatic hydroxyl groups is 1. The Balaban J connectivity index is 1.90. The Kier molecular flexibility index (Phi) is 7.11. The van der Waals surface area contributed by atoms with Crippen molar-refractivity contribution in [2.24, 2.45) is 5.41 Å². The molecule has 0 amide bonds. The molecule has 0 spiro atoms. The summed E-state index contributed by atoms with van der Waals surface area (Å²) in [6, 6.07) is 4.61. The summed E-state index contributed by atoms with van der Waals surface area (Å²) in [4.78, 5) is 26.6. The van der Waals surface area contributed by atoms with Gasteiger partial charge in [0, 0.05) is 32.5 Å². The highest BCUT2D eigenvalue weighted by Gasteiger charge is 2.28. The average molecular weight is 456 g/mol. The standard InChI is InChI=1S/C23H33N5O3Si/c1-23(2,3)21(30)17-13-28(15-31-9-10-32(4,5)6)22-20(17)27-19(12-25-22)26-18-8-7-16(14-29)11-24-18/h7-8,11-13,29H,9-10,14-15H2,1-6H3,(H,24,26,27). The molecule has 2 N–H and O–H groups in total. The van der Waals surface area contributed by atoms with Crippen molar-refractivity contribution in [3.63, 3.8) is 0 Å². The van der Waals surface area contributed by atoms with Gasteiger partial charge in [0.25, 0.3) is 0 Å². The number of ketones is 1. The summed E-state index contributed by atoms with van der Waals surface area (Å²) < 4.78 is 7.75. The van der Waals surface area contributed by atoms with Crippen molar-refractivity contribution in [1.82, 2.24) is 19.5 Å². The number of pyridine rings is 1. The number of anilines is 2. The van der Waals surface area contributed by atoms with Gasteiger partial charge in [-0.25, -0.2) is 15.0 Å². The first-order valence-corrected chi connectivity index (χ1v) is 14.5. The van der Waals surface area contributed by atoms with Gasteiger partial charge in [-0.2, -0.15) is 0 Å². The molecule has 0 atom stereocenters. The van der Waals surface area contributed by atoms with E-state index in [0.717, 1.165) is 11.6 Å². The Bertz CT molecular complexity index is 1080. The van der Waals surface area contributed by atoms with Crippen LogP contribution in [-0.4, -0.2) is 45.1 Å². The van der Waals surface area contributed by atoms with Crippen LogP contribution in [0.5, 0.6) is 0 Å². The van der Waals surface area contributed by atoms with Gasteiger partial charge in [0.15, 0.2) is 17.2 Å². The highest BCUT2D eigenvalue weighted by Crippen LogP contribution is 2.28. The second kappa shape index (κ2) is 9.48. The van der Waals surface area contributed by atoms with Crippen LogP contribution in [0.1, 0.15) is 36.7 Å². The molecule has 3 heterocycles. The van der Waals surface area contributed by atoms with Crippen LogP contribution < -0.4 is 5.32 Å². The number of aromatic nitrogens is 4. The summed E-state index contributed by atoms with van der Waals surface area (Å²) in [5.74, 6) is 1.07. The molecule has 3 rings (SSSR count). The Morgan fingerprint density at radius 1 is 1.16 bits per heavy atom. The number of hydrogen-bond acceptors (Lipinski definition) is 7. The first-order chi connectivity index (χ1) is 15.0. The van der Waals surface area contributed by atoms with Gasteiger partial charge < -0.3 is 19.7 Å². The van der Waals surface area contributed by atoms with Crippen LogP contribution in [0, 0.1) is 5.41 Å². The zero-order valence-corrected chi connectivity index (χ0v) is 20.8. The number of Topliss-reactive ketones (excluding diaryl/α,β-unsaturated/α-hetero) is 1. The number of fused-ring (bicyclic) bond motifs is 1. The molecule has 0 aliphatic rings. The number of carbonyl (C=O) groups is 1. The SMILES string of the molecule is CC(C)(C)C(=O)c1cn(COCC[Si](C)(C)C)c2ncc(Nc3ccc(CO)cn3)nc12. The van der Waals surface area contributed by atoms with E-state index >= 15 is 0 Å². The van der Waals surface area contributed by atoms with E-state index in [9.17, 15) is 9.90 Å². The molecule has 3 aromatic rings. The minimum atomic E-state index is -1.18. The third kappa shape index (κ3) is 5.99. The molecular weight excluding hydrogens is 422 g/mol. The van der Waals surface area contributed by atoms with E-state index in [0.29, 0.717) is 41.7 Å². The van der Waals surface area contributed by atoms with Crippen LogP contribution in [0.4, 0.5) is 11.6 Å². The topological polar surface area (TPSA) is 102 Å². The molecule has 172 valence electrons. The van der Waals surface area contributed by atoms with Gasteiger partial charge >= 0.3 is 0 Å². The molecule has 0 radical (unpaired) electrons. The van der Waals surface area contributed by atoms with Crippen LogP contribution in [0.2, 0.25) is 25.7 Å². The third-order valence-electron chi connectivity index (χ3n) is 4.98. The molecule has 9 heteroatoms. The van der Waals surface area contributed by atoms with Crippen LogP contribution in [0.25, 0.3) is 11.2 Å². The second-order valence-electron chi connectivity index (χ2n) is 10.2. The molecule has 0 fully saturated rings. The van der Waals surface area contributed by atoms with Gasteiger partial charge in [-0.3, -0.25) is 4.79 Å². The highest BCUT2D eigenvalue weighted by molar-refractivity contribution is 6.76. The molecule has 0 saturated carbocycles. The first-order valence-electron chi connectivity index (χ1n) is 10.8. The van der Waals surface area contributed by atoms with Crippen molar-refractivity contribution < 1.29 is 14.6 Å². The molecule has 0 unspecified atom stereocenters.